The van der Waals surface area contributed by atoms with Gasteiger partial charge in [0.2, 0.25) is 0 Å². The Morgan fingerprint density at radius 2 is 0.869 bits per heavy atom. The third-order valence-corrected chi connectivity index (χ3v) is 13.2. The van der Waals surface area contributed by atoms with Gasteiger partial charge in [-0.2, -0.15) is 0 Å². The average molecular weight is 798 g/mol. The first-order chi connectivity index (χ1) is 30.2. The number of hydrogen-bond donors (Lipinski definition) is 0. The summed E-state index contributed by atoms with van der Waals surface area (Å²) >= 11 is 1.78. The lowest BCUT2D eigenvalue weighted by molar-refractivity contribution is 0.669. The molecule has 13 rings (SSSR count). The molecule has 0 spiro atoms. The van der Waals surface area contributed by atoms with Crippen LogP contribution in [0.15, 0.2) is 197 Å². The second-order valence-electron chi connectivity index (χ2n) is 15.4. The van der Waals surface area contributed by atoms with E-state index >= 15 is 0 Å². The lowest BCUT2D eigenvalue weighted by atomic mass is 9.91. The molecule has 284 valence electrons. The van der Waals surface area contributed by atoms with Gasteiger partial charge in [-0.3, -0.25) is 0 Å². The Kier molecular flexibility index (Phi) is 7.41. The molecule has 0 N–H and O–H groups in total. The second kappa shape index (κ2) is 13.3. The zero-order valence-electron chi connectivity index (χ0n) is 32.5. The number of rotatable bonds is 5. The van der Waals surface area contributed by atoms with Crippen LogP contribution in [0.2, 0.25) is 0 Å². The van der Waals surface area contributed by atoms with E-state index in [2.05, 4.69) is 152 Å². The Morgan fingerprint density at radius 1 is 0.311 bits per heavy atom. The minimum atomic E-state index is 0.627. The van der Waals surface area contributed by atoms with Crippen molar-refractivity contribution in [1.29, 1.82) is 0 Å². The Hall–Kier alpha value is -7.93. The quantitative estimate of drug-likeness (QED) is 0.174. The molecule has 4 heterocycles. The summed E-state index contributed by atoms with van der Waals surface area (Å²) < 4.78 is 15.2. The monoisotopic (exact) mass is 797 g/mol. The van der Waals surface area contributed by atoms with Gasteiger partial charge in [-0.1, -0.05) is 140 Å². The Bertz CT molecular complexity index is 3900. The Labute approximate surface area is 352 Å². The van der Waals surface area contributed by atoms with E-state index in [1.807, 2.05) is 36.4 Å². The fourth-order valence-corrected chi connectivity index (χ4v) is 10.4. The van der Waals surface area contributed by atoms with Crippen LogP contribution in [0, 0.1) is 0 Å². The zero-order valence-corrected chi connectivity index (χ0v) is 33.3. The topological polar surface area (TPSA) is 65.0 Å². The first-order valence-corrected chi connectivity index (χ1v) is 21.2. The molecular weight excluding hydrogens is 767 g/mol. The summed E-state index contributed by atoms with van der Waals surface area (Å²) in [5.74, 6) is 1.91. The van der Waals surface area contributed by atoms with E-state index in [1.165, 1.54) is 20.2 Å². The second-order valence-corrected chi connectivity index (χ2v) is 16.5. The number of benzene rings is 9. The van der Waals surface area contributed by atoms with E-state index in [0.29, 0.717) is 17.5 Å². The highest BCUT2D eigenvalue weighted by Gasteiger charge is 2.21. The van der Waals surface area contributed by atoms with Crippen molar-refractivity contribution in [2.24, 2.45) is 0 Å². The average Bonchev–Trinajstić information content (AvgIpc) is 4.02. The number of aromatic nitrogens is 3. The molecule has 0 radical (unpaired) electrons. The van der Waals surface area contributed by atoms with Crippen molar-refractivity contribution in [3.05, 3.63) is 188 Å². The van der Waals surface area contributed by atoms with Crippen LogP contribution < -0.4 is 0 Å². The molecule has 0 aliphatic heterocycles. The molecule has 13 aromatic rings. The lowest BCUT2D eigenvalue weighted by Gasteiger charge is -2.14. The van der Waals surface area contributed by atoms with Gasteiger partial charge in [0.15, 0.2) is 17.5 Å². The number of hydrogen-bond acceptors (Lipinski definition) is 6. The molecule has 0 aliphatic carbocycles. The van der Waals surface area contributed by atoms with Crippen LogP contribution in [0.4, 0.5) is 0 Å². The van der Waals surface area contributed by atoms with Gasteiger partial charge in [0.05, 0.1) is 0 Å². The third-order valence-electron chi connectivity index (χ3n) is 12.0. The molecular formula is C55H31N3O2S. The van der Waals surface area contributed by atoms with Gasteiger partial charge in [0, 0.05) is 58.4 Å². The van der Waals surface area contributed by atoms with E-state index in [4.69, 9.17) is 23.8 Å². The highest BCUT2D eigenvalue weighted by atomic mass is 32.1. The van der Waals surface area contributed by atoms with Crippen molar-refractivity contribution in [1.82, 2.24) is 15.0 Å². The maximum atomic E-state index is 6.57. The van der Waals surface area contributed by atoms with Crippen molar-refractivity contribution >= 4 is 86.2 Å². The first kappa shape index (κ1) is 34.0. The number of furan rings is 2. The maximum Gasteiger partial charge on any atom is 0.165 e. The molecule has 0 saturated carbocycles. The molecule has 0 atom stereocenters. The number of fused-ring (bicyclic) bond motifs is 10. The van der Waals surface area contributed by atoms with Crippen LogP contribution in [-0.2, 0) is 0 Å². The summed E-state index contributed by atoms with van der Waals surface area (Å²) in [6.45, 7) is 0. The van der Waals surface area contributed by atoms with Crippen LogP contribution in [0.25, 0.3) is 131 Å². The van der Waals surface area contributed by atoms with Gasteiger partial charge < -0.3 is 8.83 Å². The summed E-state index contributed by atoms with van der Waals surface area (Å²) in [5.41, 5.74) is 10.8. The summed E-state index contributed by atoms with van der Waals surface area (Å²) in [4.78, 5) is 15.6. The van der Waals surface area contributed by atoms with Crippen molar-refractivity contribution < 1.29 is 8.83 Å². The molecule has 0 unspecified atom stereocenters. The van der Waals surface area contributed by atoms with Gasteiger partial charge in [-0.05, 0) is 81.6 Å². The van der Waals surface area contributed by atoms with Crippen LogP contribution in [-0.4, -0.2) is 15.0 Å². The van der Waals surface area contributed by atoms with E-state index in [9.17, 15) is 0 Å². The molecule has 0 fully saturated rings. The lowest BCUT2D eigenvalue weighted by Crippen LogP contribution is -2.01. The predicted octanol–water partition coefficient (Wildman–Crippen LogP) is 15.5. The van der Waals surface area contributed by atoms with Crippen molar-refractivity contribution in [2.75, 3.05) is 0 Å². The molecule has 0 aliphatic rings. The maximum absolute atomic E-state index is 6.57. The number of thiophene rings is 1. The van der Waals surface area contributed by atoms with E-state index in [1.54, 1.807) is 11.3 Å². The predicted molar refractivity (Wildman–Crippen MR) is 252 cm³/mol. The van der Waals surface area contributed by atoms with E-state index in [-0.39, 0.29) is 0 Å². The van der Waals surface area contributed by atoms with Gasteiger partial charge in [-0.25, -0.2) is 15.0 Å². The summed E-state index contributed by atoms with van der Waals surface area (Å²) in [7, 11) is 0. The summed E-state index contributed by atoms with van der Waals surface area (Å²) in [6, 6.07) is 65.5. The van der Waals surface area contributed by atoms with Crippen LogP contribution >= 0.6 is 11.3 Å². The van der Waals surface area contributed by atoms with Crippen molar-refractivity contribution in [3.63, 3.8) is 0 Å². The molecule has 0 amide bonds. The number of nitrogens with zero attached hydrogens (tertiary/aromatic N) is 3. The normalized spacial score (nSPS) is 11.9. The van der Waals surface area contributed by atoms with E-state index in [0.717, 1.165) is 93.6 Å². The van der Waals surface area contributed by atoms with Gasteiger partial charge >= 0.3 is 0 Å². The Balaban J connectivity index is 1.01. The van der Waals surface area contributed by atoms with Crippen molar-refractivity contribution in [3.8, 4) is 56.4 Å². The highest BCUT2D eigenvalue weighted by molar-refractivity contribution is 7.26. The van der Waals surface area contributed by atoms with Gasteiger partial charge in [0.25, 0.3) is 0 Å². The molecule has 6 heteroatoms. The molecule has 4 aromatic heterocycles. The van der Waals surface area contributed by atoms with Gasteiger partial charge in [0.1, 0.15) is 22.3 Å². The van der Waals surface area contributed by atoms with Crippen molar-refractivity contribution in [2.45, 2.75) is 0 Å². The minimum Gasteiger partial charge on any atom is -0.456 e. The highest BCUT2D eigenvalue weighted by Crippen LogP contribution is 2.45. The fraction of sp³-hybridized carbons (Fsp3) is 0. The summed E-state index contributed by atoms with van der Waals surface area (Å²) in [5, 5.41) is 8.96. The largest absolute Gasteiger partial charge is 0.456 e. The van der Waals surface area contributed by atoms with E-state index < -0.39 is 0 Å². The number of para-hydroxylation sites is 1. The van der Waals surface area contributed by atoms with Crippen LogP contribution in [0.5, 0.6) is 0 Å². The smallest absolute Gasteiger partial charge is 0.165 e. The molecule has 9 aromatic carbocycles. The minimum absolute atomic E-state index is 0.627. The fourth-order valence-electron chi connectivity index (χ4n) is 9.22. The molecule has 0 bridgehead atoms. The molecule has 0 saturated heterocycles. The third kappa shape index (κ3) is 5.29. The summed E-state index contributed by atoms with van der Waals surface area (Å²) in [6.07, 6.45) is 0. The SMILES string of the molecule is c1ccc(-c2nc(-c3ccc(-c4cccc5oc6ccc(-c7cccc8oc9ccccc9c78)cc6c45)c4ccccc34)nc(-c3cccc4c3sc3ccccc34)n2)cc1. The zero-order chi connectivity index (χ0) is 40.0. The van der Waals surface area contributed by atoms with Gasteiger partial charge in [-0.15, -0.1) is 11.3 Å². The van der Waals surface area contributed by atoms with Crippen LogP contribution in [0.1, 0.15) is 0 Å². The standard InChI is InChI=1S/C55H31N3O2S/c1-2-13-32(14-3-1)53-56-54(58-55(57-53)43-22-10-21-40-38-17-7-9-26-49(38)61-52(40)43)41-29-28-37(35-15-4-5-16-36(35)41)39-20-12-25-48-51(39)44-31-33(27-30-46(44)60-48)34-19-11-24-47-50(34)42-18-6-8-23-45(42)59-47/h1-31H. The molecule has 5 nitrogen and oxygen atoms in total. The first-order valence-electron chi connectivity index (χ1n) is 20.3. The Morgan fingerprint density at radius 3 is 1.69 bits per heavy atom. The molecule has 61 heavy (non-hydrogen) atoms. The van der Waals surface area contributed by atoms with Crippen LogP contribution in [0.3, 0.4) is 0 Å².